The second-order valence-electron chi connectivity index (χ2n) is 9.72. The van der Waals surface area contributed by atoms with Gasteiger partial charge in [0.25, 0.3) is 0 Å². The zero-order valence-electron chi connectivity index (χ0n) is 21.0. The van der Waals surface area contributed by atoms with Gasteiger partial charge in [-0.25, -0.2) is 0 Å². The summed E-state index contributed by atoms with van der Waals surface area (Å²) in [5.74, 6) is 0.0645. The molecule has 0 saturated carbocycles. The molecule has 1 aliphatic carbocycles. The first-order chi connectivity index (χ1) is 15.9. The summed E-state index contributed by atoms with van der Waals surface area (Å²) in [7, 11) is 0. The van der Waals surface area contributed by atoms with Gasteiger partial charge >= 0.3 is 5.97 Å². The minimum Gasteiger partial charge on any atom is -0.430 e. The van der Waals surface area contributed by atoms with Crippen LogP contribution in [0.3, 0.4) is 0 Å². The monoisotopic (exact) mass is 474 g/mol. The maximum atomic E-state index is 12.7. The number of carbonyl (C=O) groups is 2. The molecule has 0 saturated heterocycles. The molecule has 0 heterocycles. The van der Waals surface area contributed by atoms with Crippen LogP contribution in [0.4, 0.5) is 0 Å². The number of benzene rings is 1. The van der Waals surface area contributed by atoms with Crippen LogP contribution >= 0.6 is 11.6 Å². The van der Waals surface area contributed by atoms with E-state index in [0.29, 0.717) is 34.8 Å². The predicted octanol–water partition coefficient (Wildman–Crippen LogP) is 8.99. The number of aryl methyl sites for hydroxylation is 1. The summed E-state index contributed by atoms with van der Waals surface area (Å²) in [6, 6.07) is 5.62. The molecular weight excluding hydrogens is 432 g/mol. The Labute approximate surface area is 206 Å². The summed E-state index contributed by atoms with van der Waals surface area (Å²) in [5, 5.41) is 0.525. The molecule has 0 aliphatic heterocycles. The zero-order valence-corrected chi connectivity index (χ0v) is 21.8. The highest BCUT2D eigenvalue weighted by Gasteiger charge is 2.34. The van der Waals surface area contributed by atoms with Gasteiger partial charge in [-0.2, -0.15) is 0 Å². The van der Waals surface area contributed by atoms with E-state index in [1.807, 2.05) is 32.0 Å². The Hall–Kier alpha value is -1.61. The van der Waals surface area contributed by atoms with Crippen molar-refractivity contribution in [2.45, 2.75) is 117 Å². The van der Waals surface area contributed by atoms with E-state index in [2.05, 4.69) is 6.92 Å². The number of hydrogen-bond acceptors (Lipinski definition) is 3. The number of rotatable bonds is 16. The standard InChI is InChI=1S/C29H43ClO3/c1-4-5-6-7-8-9-10-11-12-13-14-15-16-17-27(31)33-26-21-23(3)29(32)28(26)24-19-18-22(2)20-25(24)30/h18-20,23H,4-17,21H2,1-3H3. The van der Waals surface area contributed by atoms with Crippen LogP contribution in [0.15, 0.2) is 24.0 Å². The van der Waals surface area contributed by atoms with Crippen LogP contribution in [0, 0.1) is 12.8 Å². The van der Waals surface area contributed by atoms with Gasteiger partial charge in [-0.3, -0.25) is 9.59 Å². The second kappa shape index (κ2) is 15.3. The van der Waals surface area contributed by atoms with Gasteiger partial charge in [-0.05, 0) is 25.0 Å². The van der Waals surface area contributed by atoms with Crippen molar-refractivity contribution in [3.05, 3.63) is 40.1 Å². The second-order valence-corrected chi connectivity index (χ2v) is 10.1. The average molecular weight is 475 g/mol. The van der Waals surface area contributed by atoms with Crippen molar-refractivity contribution >= 4 is 28.9 Å². The molecule has 1 unspecified atom stereocenters. The van der Waals surface area contributed by atoms with Crippen LogP contribution in [0.5, 0.6) is 0 Å². The number of allylic oxidation sites excluding steroid dienone is 2. The number of unbranched alkanes of at least 4 members (excludes halogenated alkanes) is 12. The van der Waals surface area contributed by atoms with Crippen LogP contribution < -0.4 is 0 Å². The number of Topliss-reactive ketones (excluding diaryl/α,β-unsaturated/α-hetero) is 1. The molecule has 1 aliphatic rings. The highest BCUT2D eigenvalue weighted by Crippen LogP contribution is 2.38. The van der Waals surface area contributed by atoms with Crippen molar-refractivity contribution in [3.8, 4) is 0 Å². The Morgan fingerprint density at radius 3 is 2.03 bits per heavy atom. The van der Waals surface area contributed by atoms with Crippen molar-refractivity contribution < 1.29 is 14.3 Å². The van der Waals surface area contributed by atoms with Crippen molar-refractivity contribution in [2.75, 3.05) is 0 Å². The topological polar surface area (TPSA) is 43.4 Å². The van der Waals surface area contributed by atoms with Crippen LogP contribution in [-0.4, -0.2) is 11.8 Å². The fraction of sp³-hybridized carbons (Fsp3) is 0.655. The number of esters is 1. The van der Waals surface area contributed by atoms with E-state index in [4.69, 9.17) is 16.3 Å². The Balaban J connectivity index is 1.65. The molecule has 4 heteroatoms. The molecule has 3 nitrogen and oxygen atoms in total. The molecule has 0 N–H and O–H groups in total. The first-order valence-corrected chi connectivity index (χ1v) is 13.6. The van der Waals surface area contributed by atoms with Crippen LogP contribution in [-0.2, 0) is 14.3 Å². The molecule has 0 aromatic heterocycles. The van der Waals surface area contributed by atoms with Crippen molar-refractivity contribution in [1.29, 1.82) is 0 Å². The Kier molecular flexibility index (Phi) is 12.8. The summed E-state index contributed by atoms with van der Waals surface area (Å²) in [6.07, 6.45) is 17.4. The highest BCUT2D eigenvalue weighted by molar-refractivity contribution is 6.36. The molecule has 1 atom stereocenters. The maximum absolute atomic E-state index is 12.7. The summed E-state index contributed by atoms with van der Waals surface area (Å²) in [5.41, 5.74) is 2.18. The summed E-state index contributed by atoms with van der Waals surface area (Å²) >= 11 is 6.40. The van der Waals surface area contributed by atoms with Gasteiger partial charge < -0.3 is 4.74 Å². The lowest BCUT2D eigenvalue weighted by Gasteiger charge is -2.10. The van der Waals surface area contributed by atoms with Gasteiger partial charge in [0.15, 0.2) is 5.78 Å². The highest BCUT2D eigenvalue weighted by atomic mass is 35.5. The molecule has 0 bridgehead atoms. The number of halogens is 1. The summed E-state index contributed by atoms with van der Waals surface area (Å²) in [4.78, 5) is 25.1. The molecule has 0 radical (unpaired) electrons. The minimum atomic E-state index is -0.240. The third-order valence-corrected chi connectivity index (χ3v) is 6.89. The molecule has 1 aromatic carbocycles. The van der Waals surface area contributed by atoms with E-state index >= 15 is 0 Å². The SMILES string of the molecule is CCCCCCCCCCCCCCCC(=O)OC1=C(c2ccc(C)cc2Cl)C(=O)C(C)C1. The van der Waals surface area contributed by atoms with E-state index in [1.54, 1.807) is 0 Å². The van der Waals surface area contributed by atoms with Crippen LogP contribution in [0.1, 0.15) is 121 Å². The first-order valence-electron chi connectivity index (χ1n) is 13.2. The minimum absolute atomic E-state index is 0.00418. The van der Waals surface area contributed by atoms with Gasteiger partial charge in [0.2, 0.25) is 0 Å². The lowest BCUT2D eigenvalue weighted by atomic mass is 9.99. The van der Waals surface area contributed by atoms with Gasteiger partial charge in [-0.15, -0.1) is 0 Å². The molecule has 2 rings (SSSR count). The maximum Gasteiger partial charge on any atom is 0.310 e. The van der Waals surface area contributed by atoms with E-state index in [1.165, 1.54) is 70.6 Å². The smallest absolute Gasteiger partial charge is 0.310 e. The van der Waals surface area contributed by atoms with E-state index in [9.17, 15) is 9.59 Å². The lowest BCUT2D eigenvalue weighted by Crippen LogP contribution is -2.06. The van der Waals surface area contributed by atoms with Crippen LogP contribution in [0.25, 0.3) is 5.57 Å². The lowest BCUT2D eigenvalue weighted by molar-refractivity contribution is -0.139. The van der Waals surface area contributed by atoms with Gasteiger partial charge in [0.1, 0.15) is 5.76 Å². The fourth-order valence-corrected chi connectivity index (χ4v) is 4.86. The molecular formula is C29H43ClO3. The number of hydrogen-bond donors (Lipinski definition) is 0. The number of ether oxygens (including phenoxy) is 1. The zero-order chi connectivity index (χ0) is 24.1. The predicted molar refractivity (Wildman–Crippen MR) is 138 cm³/mol. The Morgan fingerprint density at radius 1 is 0.939 bits per heavy atom. The summed E-state index contributed by atoms with van der Waals surface area (Å²) < 4.78 is 5.67. The van der Waals surface area contributed by atoms with Gasteiger partial charge in [0, 0.05) is 29.3 Å². The van der Waals surface area contributed by atoms with Gasteiger partial charge in [0.05, 0.1) is 5.57 Å². The van der Waals surface area contributed by atoms with E-state index in [-0.39, 0.29) is 17.7 Å². The quantitative estimate of drug-likeness (QED) is 0.177. The normalized spacial score (nSPS) is 16.0. The average Bonchev–Trinajstić information content (AvgIpc) is 3.04. The molecule has 0 spiro atoms. The van der Waals surface area contributed by atoms with E-state index < -0.39 is 0 Å². The third kappa shape index (κ3) is 9.65. The number of carbonyl (C=O) groups excluding carboxylic acids is 2. The van der Waals surface area contributed by atoms with Gasteiger partial charge in [-0.1, -0.05) is 115 Å². The molecule has 33 heavy (non-hydrogen) atoms. The van der Waals surface area contributed by atoms with Crippen molar-refractivity contribution in [3.63, 3.8) is 0 Å². The molecule has 184 valence electrons. The Morgan fingerprint density at radius 2 is 1.48 bits per heavy atom. The number of ketones is 1. The largest absolute Gasteiger partial charge is 0.430 e. The van der Waals surface area contributed by atoms with Crippen molar-refractivity contribution in [2.24, 2.45) is 5.92 Å². The van der Waals surface area contributed by atoms with E-state index in [0.717, 1.165) is 18.4 Å². The van der Waals surface area contributed by atoms with Crippen LogP contribution in [0.2, 0.25) is 5.02 Å². The Bertz CT molecular complexity index is 796. The summed E-state index contributed by atoms with van der Waals surface area (Å²) in [6.45, 7) is 6.09. The third-order valence-electron chi connectivity index (χ3n) is 6.58. The molecule has 1 aromatic rings. The molecule has 0 amide bonds. The van der Waals surface area contributed by atoms with Crippen molar-refractivity contribution in [1.82, 2.24) is 0 Å². The fourth-order valence-electron chi connectivity index (χ4n) is 4.53. The first kappa shape index (κ1) is 27.6. The molecule has 0 fully saturated rings.